The molecular formula is C19H25F3N6O. The highest BCUT2D eigenvalue weighted by Crippen LogP contribution is 2.27. The Morgan fingerprint density at radius 1 is 1.17 bits per heavy atom. The number of nitrogens with one attached hydrogen (secondary N) is 3. The standard InChI is InChI=1S/C19H25F3N6O/c1-4-23-17(27-12-14-6-5-13(2)11-15(14)29-3)25-9-10-26-18-24-8-7-16(28-18)19(20,21)22/h5-8,11H,4,9-10,12H2,1-3H3,(H2,23,25,27)(H,24,26,28). The van der Waals surface area contributed by atoms with E-state index in [-0.39, 0.29) is 5.95 Å². The minimum atomic E-state index is -4.50. The van der Waals surface area contributed by atoms with Crippen LogP contribution < -0.4 is 20.7 Å². The van der Waals surface area contributed by atoms with Crippen LogP contribution in [-0.2, 0) is 12.7 Å². The molecule has 0 amide bonds. The number of guanidine groups is 1. The van der Waals surface area contributed by atoms with Crippen LogP contribution >= 0.6 is 0 Å². The first-order chi connectivity index (χ1) is 13.8. The summed E-state index contributed by atoms with van der Waals surface area (Å²) in [5.74, 6) is 1.28. The van der Waals surface area contributed by atoms with Gasteiger partial charge in [-0.2, -0.15) is 13.2 Å². The lowest BCUT2D eigenvalue weighted by atomic mass is 10.1. The van der Waals surface area contributed by atoms with E-state index in [0.717, 1.165) is 29.1 Å². The number of benzene rings is 1. The third kappa shape index (κ3) is 7.13. The molecule has 29 heavy (non-hydrogen) atoms. The number of alkyl halides is 3. The summed E-state index contributed by atoms with van der Waals surface area (Å²) in [4.78, 5) is 11.8. The van der Waals surface area contributed by atoms with Crippen LogP contribution in [0, 0.1) is 6.92 Å². The molecule has 10 heteroatoms. The molecule has 0 saturated heterocycles. The van der Waals surface area contributed by atoms with E-state index in [1.165, 1.54) is 0 Å². The number of halogens is 3. The molecule has 158 valence electrons. The highest BCUT2D eigenvalue weighted by atomic mass is 19.4. The summed E-state index contributed by atoms with van der Waals surface area (Å²) in [5.41, 5.74) is 1.07. The quantitative estimate of drug-likeness (QED) is 0.353. The number of hydrogen-bond acceptors (Lipinski definition) is 5. The van der Waals surface area contributed by atoms with Crippen LogP contribution in [0.3, 0.4) is 0 Å². The van der Waals surface area contributed by atoms with E-state index in [4.69, 9.17) is 4.74 Å². The maximum Gasteiger partial charge on any atom is 0.433 e. The van der Waals surface area contributed by atoms with Crippen LogP contribution in [0.1, 0.15) is 23.7 Å². The minimum Gasteiger partial charge on any atom is -0.496 e. The second-order valence-corrected chi connectivity index (χ2v) is 6.13. The predicted octanol–water partition coefficient (Wildman–Crippen LogP) is 2.98. The Bertz CT molecular complexity index is 826. The van der Waals surface area contributed by atoms with Crippen LogP contribution in [0.15, 0.2) is 35.5 Å². The average molecular weight is 410 g/mol. The molecule has 1 aromatic heterocycles. The molecule has 1 heterocycles. The van der Waals surface area contributed by atoms with E-state index in [0.29, 0.717) is 32.1 Å². The Hall–Kier alpha value is -3.04. The van der Waals surface area contributed by atoms with Gasteiger partial charge in [0.05, 0.1) is 13.7 Å². The number of aryl methyl sites for hydroxylation is 1. The molecule has 0 bridgehead atoms. The summed E-state index contributed by atoms with van der Waals surface area (Å²) in [6.07, 6.45) is -3.42. The number of rotatable bonds is 8. The Labute approximate surface area is 167 Å². The minimum absolute atomic E-state index is 0.0760. The summed E-state index contributed by atoms with van der Waals surface area (Å²) in [7, 11) is 1.62. The molecule has 1 aromatic carbocycles. The lowest BCUT2D eigenvalue weighted by Gasteiger charge is -2.13. The van der Waals surface area contributed by atoms with Gasteiger partial charge in [-0.1, -0.05) is 12.1 Å². The number of nitrogens with zero attached hydrogens (tertiary/aromatic N) is 3. The van der Waals surface area contributed by atoms with Gasteiger partial charge in [0.2, 0.25) is 5.95 Å². The largest absolute Gasteiger partial charge is 0.496 e. The first kappa shape index (κ1) is 22.3. The van der Waals surface area contributed by atoms with E-state index < -0.39 is 11.9 Å². The SMILES string of the molecule is CCNC(=NCc1ccc(C)cc1OC)NCCNc1nccc(C(F)(F)F)n1. The van der Waals surface area contributed by atoms with Crippen LogP contribution in [0.5, 0.6) is 5.75 Å². The number of aliphatic imine (C=N–C) groups is 1. The highest BCUT2D eigenvalue weighted by molar-refractivity contribution is 5.79. The fourth-order valence-electron chi connectivity index (χ4n) is 2.45. The van der Waals surface area contributed by atoms with Crippen LogP contribution in [-0.4, -0.2) is 42.7 Å². The van der Waals surface area contributed by atoms with Crippen LogP contribution in [0.25, 0.3) is 0 Å². The molecule has 7 nitrogen and oxygen atoms in total. The molecule has 0 spiro atoms. The summed E-state index contributed by atoms with van der Waals surface area (Å²) >= 11 is 0. The molecule has 0 aliphatic carbocycles. The van der Waals surface area contributed by atoms with Crippen LogP contribution in [0.4, 0.5) is 19.1 Å². The lowest BCUT2D eigenvalue weighted by Crippen LogP contribution is -2.39. The maximum absolute atomic E-state index is 12.7. The van der Waals surface area contributed by atoms with Gasteiger partial charge in [0.25, 0.3) is 0 Å². The van der Waals surface area contributed by atoms with Gasteiger partial charge in [0, 0.05) is 31.4 Å². The molecule has 0 aliphatic heterocycles. The van der Waals surface area contributed by atoms with Crippen molar-refractivity contribution in [2.45, 2.75) is 26.6 Å². The smallest absolute Gasteiger partial charge is 0.433 e. The van der Waals surface area contributed by atoms with Gasteiger partial charge in [0.1, 0.15) is 11.4 Å². The molecule has 3 N–H and O–H groups in total. The summed E-state index contributed by atoms with van der Waals surface area (Å²) in [5, 5.41) is 9.00. The lowest BCUT2D eigenvalue weighted by molar-refractivity contribution is -0.141. The van der Waals surface area contributed by atoms with Crippen molar-refractivity contribution in [3.8, 4) is 5.75 Å². The van der Waals surface area contributed by atoms with E-state index in [9.17, 15) is 13.2 Å². The first-order valence-electron chi connectivity index (χ1n) is 9.13. The van der Waals surface area contributed by atoms with E-state index in [1.807, 2.05) is 32.0 Å². The summed E-state index contributed by atoms with van der Waals surface area (Å²) in [6, 6.07) is 6.74. The fraction of sp³-hybridized carbons (Fsp3) is 0.421. The van der Waals surface area contributed by atoms with Crippen molar-refractivity contribution in [2.24, 2.45) is 4.99 Å². The molecule has 0 aliphatic rings. The number of ether oxygens (including phenoxy) is 1. The molecule has 0 atom stereocenters. The third-order valence-electron chi connectivity index (χ3n) is 3.84. The molecule has 0 unspecified atom stereocenters. The number of hydrogen-bond donors (Lipinski definition) is 3. The topological polar surface area (TPSA) is 83.5 Å². The molecular weight excluding hydrogens is 385 g/mol. The van der Waals surface area contributed by atoms with Gasteiger partial charge >= 0.3 is 6.18 Å². The van der Waals surface area contributed by atoms with E-state index in [1.54, 1.807) is 7.11 Å². The van der Waals surface area contributed by atoms with Gasteiger partial charge in [-0.3, -0.25) is 0 Å². The van der Waals surface area contributed by atoms with Gasteiger partial charge in [0.15, 0.2) is 5.96 Å². The number of anilines is 1. The maximum atomic E-state index is 12.7. The predicted molar refractivity (Wildman–Crippen MR) is 106 cm³/mol. The average Bonchev–Trinajstić information content (AvgIpc) is 2.69. The Kier molecular flexibility index (Phi) is 8.05. The molecule has 0 saturated carbocycles. The van der Waals surface area contributed by atoms with E-state index in [2.05, 4.69) is 30.9 Å². The monoisotopic (exact) mass is 410 g/mol. The van der Waals surface area contributed by atoms with E-state index >= 15 is 0 Å². The zero-order chi connectivity index (χ0) is 21.3. The van der Waals surface area contributed by atoms with Crippen molar-refractivity contribution < 1.29 is 17.9 Å². The van der Waals surface area contributed by atoms with Crippen LogP contribution in [0.2, 0.25) is 0 Å². The zero-order valence-corrected chi connectivity index (χ0v) is 16.6. The second kappa shape index (κ2) is 10.5. The highest BCUT2D eigenvalue weighted by Gasteiger charge is 2.32. The van der Waals surface area contributed by atoms with Gasteiger partial charge in [-0.15, -0.1) is 0 Å². The Morgan fingerprint density at radius 3 is 2.66 bits per heavy atom. The fourth-order valence-corrected chi connectivity index (χ4v) is 2.45. The van der Waals surface area contributed by atoms with Crippen molar-refractivity contribution >= 4 is 11.9 Å². The first-order valence-corrected chi connectivity index (χ1v) is 9.13. The zero-order valence-electron chi connectivity index (χ0n) is 16.6. The third-order valence-corrected chi connectivity index (χ3v) is 3.84. The molecule has 0 radical (unpaired) electrons. The Balaban J connectivity index is 1.90. The normalized spacial score (nSPS) is 11.9. The van der Waals surface area contributed by atoms with Crippen molar-refractivity contribution in [1.82, 2.24) is 20.6 Å². The summed E-state index contributed by atoms with van der Waals surface area (Å²) < 4.78 is 43.4. The molecule has 0 fully saturated rings. The van der Waals surface area contributed by atoms with Gasteiger partial charge in [-0.25, -0.2) is 15.0 Å². The van der Waals surface area contributed by atoms with Gasteiger partial charge < -0.3 is 20.7 Å². The van der Waals surface area contributed by atoms with Crippen molar-refractivity contribution in [2.75, 3.05) is 32.1 Å². The Morgan fingerprint density at radius 2 is 1.97 bits per heavy atom. The second-order valence-electron chi connectivity index (χ2n) is 6.13. The number of methoxy groups -OCH3 is 1. The molecule has 2 rings (SSSR count). The van der Waals surface area contributed by atoms with Crippen molar-refractivity contribution in [3.63, 3.8) is 0 Å². The number of aromatic nitrogens is 2. The molecule has 2 aromatic rings. The van der Waals surface area contributed by atoms with Gasteiger partial charge in [-0.05, 0) is 31.5 Å². The summed E-state index contributed by atoms with van der Waals surface area (Å²) in [6.45, 7) is 5.75. The van der Waals surface area contributed by atoms with Crippen molar-refractivity contribution in [1.29, 1.82) is 0 Å². The van der Waals surface area contributed by atoms with Crippen molar-refractivity contribution in [3.05, 3.63) is 47.3 Å².